The number of esters is 1. The molecule has 0 N–H and O–H groups in total. The van der Waals surface area contributed by atoms with Crippen LogP contribution in [0.4, 0.5) is 0 Å². The van der Waals surface area contributed by atoms with Crippen LogP contribution in [0.1, 0.15) is 18.2 Å². The van der Waals surface area contributed by atoms with E-state index in [0.717, 1.165) is 5.56 Å². The molecule has 0 saturated carbocycles. The standard InChI is InChI=1S/C15H15NO3/c1-11-15(14(8-9-16-11)19-12(2)17)18-10-13-6-4-3-5-7-13/h3-9H,10H2,1-2H3. The van der Waals surface area contributed by atoms with E-state index in [1.165, 1.54) is 6.92 Å². The molecule has 0 aliphatic rings. The highest BCUT2D eigenvalue weighted by molar-refractivity contribution is 5.70. The minimum Gasteiger partial charge on any atom is -0.483 e. The number of ether oxygens (including phenoxy) is 2. The van der Waals surface area contributed by atoms with Gasteiger partial charge in [0.05, 0.1) is 5.69 Å². The molecule has 0 atom stereocenters. The summed E-state index contributed by atoms with van der Waals surface area (Å²) in [4.78, 5) is 15.2. The highest BCUT2D eigenvalue weighted by Crippen LogP contribution is 2.30. The van der Waals surface area contributed by atoms with Crippen LogP contribution in [0.15, 0.2) is 42.6 Å². The summed E-state index contributed by atoms with van der Waals surface area (Å²) in [5.74, 6) is 0.521. The number of rotatable bonds is 4. The summed E-state index contributed by atoms with van der Waals surface area (Å²) in [5.41, 5.74) is 1.73. The van der Waals surface area contributed by atoms with E-state index in [1.807, 2.05) is 37.3 Å². The molecule has 2 rings (SSSR count). The van der Waals surface area contributed by atoms with Crippen molar-refractivity contribution in [2.75, 3.05) is 0 Å². The summed E-state index contributed by atoms with van der Waals surface area (Å²) in [6.07, 6.45) is 1.59. The molecule has 4 heteroatoms. The molecule has 98 valence electrons. The van der Waals surface area contributed by atoms with Crippen LogP contribution in [-0.4, -0.2) is 11.0 Å². The van der Waals surface area contributed by atoms with Gasteiger partial charge in [0.25, 0.3) is 0 Å². The summed E-state index contributed by atoms with van der Waals surface area (Å²) >= 11 is 0. The molecule has 0 saturated heterocycles. The lowest BCUT2D eigenvalue weighted by atomic mass is 10.2. The Labute approximate surface area is 112 Å². The van der Waals surface area contributed by atoms with Gasteiger partial charge in [0.1, 0.15) is 6.61 Å². The number of hydrogen-bond donors (Lipinski definition) is 0. The molecule has 0 spiro atoms. The minimum absolute atomic E-state index is 0.379. The van der Waals surface area contributed by atoms with Crippen LogP contribution in [0, 0.1) is 6.92 Å². The third kappa shape index (κ3) is 3.55. The van der Waals surface area contributed by atoms with Crippen molar-refractivity contribution in [2.24, 2.45) is 0 Å². The number of carbonyl (C=O) groups excluding carboxylic acids is 1. The van der Waals surface area contributed by atoms with Crippen molar-refractivity contribution < 1.29 is 14.3 Å². The van der Waals surface area contributed by atoms with Crippen LogP contribution in [0.5, 0.6) is 11.5 Å². The van der Waals surface area contributed by atoms with Crippen molar-refractivity contribution in [3.8, 4) is 11.5 Å². The van der Waals surface area contributed by atoms with Gasteiger partial charge in [0, 0.05) is 19.2 Å². The van der Waals surface area contributed by atoms with E-state index in [4.69, 9.17) is 9.47 Å². The number of aromatic nitrogens is 1. The van der Waals surface area contributed by atoms with E-state index in [9.17, 15) is 4.79 Å². The Bertz CT molecular complexity index is 567. The average molecular weight is 257 g/mol. The molecule has 0 bridgehead atoms. The fraction of sp³-hybridized carbons (Fsp3) is 0.200. The second-order valence-corrected chi connectivity index (χ2v) is 4.09. The first-order chi connectivity index (χ1) is 9.16. The highest BCUT2D eigenvalue weighted by Gasteiger charge is 2.11. The SMILES string of the molecule is CC(=O)Oc1ccnc(C)c1OCc1ccccc1. The van der Waals surface area contributed by atoms with E-state index in [-0.39, 0.29) is 5.97 Å². The lowest BCUT2D eigenvalue weighted by molar-refractivity contribution is -0.132. The van der Waals surface area contributed by atoms with E-state index < -0.39 is 0 Å². The molecular weight excluding hydrogens is 242 g/mol. The Morgan fingerprint density at radius 2 is 1.95 bits per heavy atom. The quantitative estimate of drug-likeness (QED) is 0.790. The van der Waals surface area contributed by atoms with Gasteiger partial charge in [-0.1, -0.05) is 30.3 Å². The van der Waals surface area contributed by atoms with Crippen molar-refractivity contribution in [2.45, 2.75) is 20.5 Å². The average Bonchev–Trinajstić information content (AvgIpc) is 2.38. The zero-order valence-corrected chi connectivity index (χ0v) is 10.9. The minimum atomic E-state index is -0.379. The second-order valence-electron chi connectivity index (χ2n) is 4.09. The van der Waals surface area contributed by atoms with Crippen molar-refractivity contribution in [1.29, 1.82) is 0 Å². The first kappa shape index (κ1) is 13.1. The van der Waals surface area contributed by atoms with Gasteiger partial charge in [0.2, 0.25) is 0 Å². The van der Waals surface area contributed by atoms with Crippen LogP contribution in [0.2, 0.25) is 0 Å². The van der Waals surface area contributed by atoms with Gasteiger partial charge < -0.3 is 9.47 Å². The number of aryl methyl sites for hydroxylation is 1. The largest absolute Gasteiger partial charge is 0.483 e. The Hall–Kier alpha value is -2.36. The van der Waals surface area contributed by atoms with E-state index in [0.29, 0.717) is 23.8 Å². The molecule has 0 fully saturated rings. The van der Waals surface area contributed by atoms with Crippen LogP contribution < -0.4 is 9.47 Å². The number of pyridine rings is 1. The second kappa shape index (κ2) is 6.00. The van der Waals surface area contributed by atoms with Gasteiger partial charge >= 0.3 is 5.97 Å². The maximum absolute atomic E-state index is 11.1. The van der Waals surface area contributed by atoms with Crippen LogP contribution in [-0.2, 0) is 11.4 Å². The fourth-order valence-corrected chi connectivity index (χ4v) is 1.67. The number of nitrogens with zero attached hydrogens (tertiary/aromatic N) is 1. The molecule has 0 amide bonds. The summed E-state index contributed by atoms with van der Waals surface area (Å²) in [6, 6.07) is 11.4. The third-order valence-electron chi connectivity index (χ3n) is 2.53. The van der Waals surface area contributed by atoms with Crippen LogP contribution in [0.25, 0.3) is 0 Å². The molecular formula is C15H15NO3. The van der Waals surface area contributed by atoms with Gasteiger partial charge in [-0.3, -0.25) is 9.78 Å². The lowest BCUT2D eigenvalue weighted by Crippen LogP contribution is -2.06. The van der Waals surface area contributed by atoms with Gasteiger partial charge in [-0.15, -0.1) is 0 Å². The molecule has 0 radical (unpaired) electrons. The Morgan fingerprint density at radius 1 is 1.21 bits per heavy atom. The lowest BCUT2D eigenvalue weighted by Gasteiger charge is -2.12. The van der Waals surface area contributed by atoms with Crippen molar-refractivity contribution >= 4 is 5.97 Å². The topological polar surface area (TPSA) is 48.4 Å². The normalized spacial score (nSPS) is 10.0. The van der Waals surface area contributed by atoms with Crippen molar-refractivity contribution in [3.05, 3.63) is 53.9 Å². The maximum Gasteiger partial charge on any atom is 0.308 e. The Balaban J connectivity index is 2.17. The third-order valence-corrected chi connectivity index (χ3v) is 2.53. The molecule has 19 heavy (non-hydrogen) atoms. The van der Waals surface area contributed by atoms with Crippen LogP contribution in [0.3, 0.4) is 0 Å². The molecule has 0 aliphatic heterocycles. The van der Waals surface area contributed by atoms with Crippen molar-refractivity contribution in [3.63, 3.8) is 0 Å². The Kier molecular flexibility index (Phi) is 4.13. The van der Waals surface area contributed by atoms with E-state index >= 15 is 0 Å². The van der Waals surface area contributed by atoms with Crippen LogP contribution >= 0.6 is 0 Å². The summed E-state index contributed by atoms with van der Waals surface area (Å²) in [5, 5.41) is 0. The molecule has 1 heterocycles. The van der Waals surface area contributed by atoms with Gasteiger partial charge in [-0.25, -0.2) is 0 Å². The monoisotopic (exact) mass is 257 g/mol. The molecule has 1 aromatic heterocycles. The first-order valence-corrected chi connectivity index (χ1v) is 5.97. The molecule has 0 unspecified atom stereocenters. The van der Waals surface area contributed by atoms with Gasteiger partial charge in [-0.05, 0) is 12.5 Å². The predicted molar refractivity (Wildman–Crippen MR) is 71.1 cm³/mol. The molecule has 0 aliphatic carbocycles. The fourth-order valence-electron chi connectivity index (χ4n) is 1.67. The molecule has 2 aromatic rings. The Morgan fingerprint density at radius 3 is 2.63 bits per heavy atom. The number of hydrogen-bond acceptors (Lipinski definition) is 4. The number of carbonyl (C=O) groups is 1. The smallest absolute Gasteiger partial charge is 0.308 e. The van der Waals surface area contributed by atoms with Gasteiger partial charge in [-0.2, -0.15) is 0 Å². The number of benzene rings is 1. The van der Waals surface area contributed by atoms with Crippen molar-refractivity contribution in [1.82, 2.24) is 4.98 Å². The zero-order valence-electron chi connectivity index (χ0n) is 10.9. The first-order valence-electron chi connectivity index (χ1n) is 5.97. The molecule has 4 nitrogen and oxygen atoms in total. The summed E-state index contributed by atoms with van der Waals surface area (Å²) in [6.45, 7) is 3.58. The highest BCUT2D eigenvalue weighted by atomic mass is 16.6. The van der Waals surface area contributed by atoms with Gasteiger partial charge in [0.15, 0.2) is 11.5 Å². The summed E-state index contributed by atoms with van der Waals surface area (Å²) < 4.78 is 10.8. The molecule has 1 aromatic carbocycles. The maximum atomic E-state index is 11.1. The van der Waals surface area contributed by atoms with E-state index in [2.05, 4.69) is 4.98 Å². The van der Waals surface area contributed by atoms with E-state index in [1.54, 1.807) is 12.3 Å². The zero-order chi connectivity index (χ0) is 13.7. The predicted octanol–water partition coefficient (Wildman–Crippen LogP) is 2.89. The summed E-state index contributed by atoms with van der Waals surface area (Å²) in [7, 11) is 0.